The highest BCUT2D eigenvalue weighted by Crippen LogP contribution is 2.22. The van der Waals surface area contributed by atoms with E-state index in [2.05, 4.69) is 0 Å². The van der Waals surface area contributed by atoms with Crippen molar-refractivity contribution in [3.8, 4) is 17.9 Å². The van der Waals surface area contributed by atoms with Crippen molar-refractivity contribution in [2.75, 3.05) is 18.6 Å². The van der Waals surface area contributed by atoms with Gasteiger partial charge in [-0.25, -0.2) is 0 Å². The van der Waals surface area contributed by atoms with E-state index >= 15 is 0 Å². The van der Waals surface area contributed by atoms with Gasteiger partial charge in [0, 0.05) is 18.3 Å². The summed E-state index contributed by atoms with van der Waals surface area (Å²) >= 11 is 0. The van der Waals surface area contributed by atoms with E-state index in [1.54, 1.807) is 50.4 Å². The van der Waals surface area contributed by atoms with E-state index in [4.69, 9.17) is 14.4 Å². The largest absolute Gasteiger partial charge is 0.497 e. The summed E-state index contributed by atoms with van der Waals surface area (Å²) in [5.74, 6) is 1.28. The summed E-state index contributed by atoms with van der Waals surface area (Å²) in [6.45, 7) is 1.96. The van der Waals surface area contributed by atoms with Gasteiger partial charge in [0.15, 0.2) is 0 Å². The third-order valence-corrected chi connectivity index (χ3v) is 3.48. The average Bonchev–Trinajstić information content (AvgIpc) is 3.05. The molecule has 0 aliphatic heterocycles. The molecule has 6 heteroatoms. The predicted octanol–water partition coefficient (Wildman–Crippen LogP) is 3.45. The summed E-state index contributed by atoms with van der Waals surface area (Å²) in [4.78, 5) is 14.2. The van der Waals surface area contributed by atoms with Crippen molar-refractivity contribution >= 4 is 17.7 Å². The smallest absolute Gasteiger partial charge is 0.269 e. The monoisotopic (exact) mass is 335 g/mol. The summed E-state index contributed by atoms with van der Waals surface area (Å²) in [5, 5.41) is 18.2. The summed E-state index contributed by atoms with van der Waals surface area (Å²) in [7, 11) is 1.55. The molecule has 1 amide bonds. The second-order valence-corrected chi connectivity index (χ2v) is 5.18. The number of ether oxygens (including phenoxy) is 1. The normalized spacial score (nSPS) is 10.6. The molecular weight excluding hydrogens is 318 g/mol. The highest BCUT2D eigenvalue weighted by Gasteiger charge is 2.20. The molecule has 1 heterocycles. The molecule has 0 saturated heterocycles. The molecule has 0 fully saturated rings. The molecule has 0 bridgehead atoms. The zero-order valence-electron chi connectivity index (χ0n) is 14.0. The lowest BCUT2D eigenvalue weighted by molar-refractivity contribution is -0.114. The van der Waals surface area contributed by atoms with Crippen molar-refractivity contribution in [2.45, 2.75) is 13.3 Å². The first-order valence-electron chi connectivity index (χ1n) is 7.60. The van der Waals surface area contributed by atoms with Crippen LogP contribution < -0.4 is 9.64 Å². The number of anilines is 1. The van der Waals surface area contributed by atoms with Gasteiger partial charge in [-0.15, -0.1) is 0 Å². The van der Waals surface area contributed by atoms with E-state index < -0.39 is 5.91 Å². The first-order valence-corrected chi connectivity index (χ1v) is 7.60. The summed E-state index contributed by atoms with van der Waals surface area (Å²) in [6, 6.07) is 14.2. The molecule has 0 aliphatic rings. The fourth-order valence-corrected chi connectivity index (χ4v) is 2.23. The SMILES string of the molecule is COc1ccc(N(CCC#N)C(=O)/C(C#N)=C\c2ccc(C)o2)cc1. The molecular formula is C19H17N3O3. The fraction of sp³-hybridized carbons (Fsp3) is 0.211. The highest BCUT2D eigenvalue weighted by atomic mass is 16.5. The molecule has 0 aliphatic carbocycles. The minimum Gasteiger partial charge on any atom is -0.497 e. The Hall–Kier alpha value is -3.51. The maximum absolute atomic E-state index is 12.8. The van der Waals surface area contributed by atoms with Gasteiger partial charge in [0.2, 0.25) is 0 Å². The molecule has 126 valence electrons. The molecule has 0 N–H and O–H groups in total. The molecule has 1 aromatic carbocycles. The molecule has 6 nitrogen and oxygen atoms in total. The maximum Gasteiger partial charge on any atom is 0.269 e. The Balaban J connectivity index is 2.34. The van der Waals surface area contributed by atoms with Crippen LogP contribution in [-0.2, 0) is 4.79 Å². The zero-order valence-corrected chi connectivity index (χ0v) is 14.0. The van der Waals surface area contributed by atoms with E-state index in [0.29, 0.717) is 23.0 Å². The van der Waals surface area contributed by atoms with Crippen LogP contribution in [0.15, 0.2) is 46.4 Å². The number of hydrogen-bond acceptors (Lipinski definition) is 5. The zero-order chi connectivity index (χ0) is 18.2. The number of rotatable bonds is 6. The highest BCUT2D eigenvalue weighted by molar-refractivity contribution is 6.11. The van der Waals surface area contributed by atoms with Gasteiger partial charge in [-0.3, -0.25) is 4.79 Å². The Bertz CT molecular complexity index is 851. The van der Waals surface area contributed by atoms with Crippen LogP contribution >= 0.6 is 0 Å². The second-order valence-electron chi connectivity index (χ2n) is 5.18. The maximum atomic E-state index is 12.8. The van der Waals surface area contributed by atoms with Crippen molar-refractivity contribution in [3.05, 3.63) is 53.5 Å². The molecule has 0 radical (unpaired) electrons. The van der Waals surface area contributed by atoms with Gasteiger partial charge in [-0.2, -0.15) is 10.5 Å². The van der Waals surface area contributed by atoms with Gasteiger partial charge < -0.3 is 14.1 Å². The van der Waals surface area contributed by atoms with E-state index in [-0.39, 0.29) is 18.5 Å². The minimum absolute atomic E-state index is 0.0666. The summed E-state index contributed by atoms with van der Waals surface area (Å²) in [5.41, 5.74) is 0.515. The molecule has 1 aromatic heterocycles. The number of aryl methyl sites for hydroxylation is 1. The van der Waals surface area contributed by atoms with Crippen LogP contribution in [0.3, 0.4) is 0 Å². The standard InChI is InChI=1S/C19H17N3O3/c1-14-4-7-18(25-14)12-15(13-21)19(23)22(11-3-10-20)16-5-8-17(24-2)9-6-16/h4-9,12H,3,11H2,1-2H3/b15-12-. The van der Waals surface area contributed by atoms with Crippen molar-refractivity contribution in [1.82, 2.24) is 0 Å². The Morgan fingerprint density at radius 2 is 1.96 bits per heavy atom. The Morgan fingerprint density at radius 1 is 1.24 bits per heavy atom. The van der Waals surface area contributed by atoms with E-state index in [9.17, 15) is 10.1 Å². The predicted molar refractivity (Wildman–Crippen MR) is 92.6 cm³/mol. The first kappa shape index (κ1) is 17.8. The number of carbonyl (C=O) groups excluding carboxylic acids is 1. The quantitative estimate of drug-likeness (QED) is 0.595. The Morgan fingerprint density at radius 3 is 2.48 bits per heavy atom. The number of amides is 1. The van der Waals surface area contributed by atoms with Crippen molar-refractivity contribution in [1.29, 1.82) is 10.5 Å². The van der Waals surface area contributed by atoms with Crippen LogP contribution in [0.4, 0.5) is 5.69 Å². The van der Waals surface area contributed by atoms with E-state index in [1.807, 2.05) is 12.1 Å². The minimum atomic E-state index is -0.489. The molecule has 2 rings (SSSR count). The molecule has 0 saturated carbocycles. The third-order valence-electron chi connectivity index (χ3n) is 3.48. The topological polar surface area (TPSA) is 90.3 Å². The molecule has 0 unspecified atom stereocenters. The van der Waals surface area contributed by atoms with Crippen LogP contribution in [0.2, 0.25) is 0 Å². The summed E-state index contributed by atoms with van der Waals surface area (Å²) in [6.07, 6.45) is 1.55. The van der Waals surface area contributed by atoms with E-state index in [0.717, 1.165) is 0 Å². The first-order chi connectivity index (χ1) is 12.1. The van der Waals surface area contributed by atoms with Crippen molar-refractivity contribution in [2.24, 2.45) is 0 Å². The number of nitrogens with zero attached hydrogens (tertiary/aromatic N) is 3. The number of furan rings is 1. The number of hydrogen-bond donors (Lipinski definition) is 0. The lowest BCUT2D eigenvalue weighted by Gasteiger charge is -2.21. The van der Waals surface area contributed by atoms with Crippen LogP contribution in [0.5, 0.6) is 5.75 Å². The van der Waals surface area contributed by atoms with Gasteiger partial charge in [0.1, 0.15) is 28.9 Å². The number of nitriles is 2. The van der Waals surface area contributed by atoms with Gasteiger partial charge in [0.05, 0.1) is 19.6 Å². The van der Waals surface area contributed by atoms with Crippen molar-refractivity contribution in [3.63, 3.8) is 0 Å². The van der Waals surface area contributed by atoms with E-state index in [1.165, 1.54) is 11.0 Å². The number of benzene rings is 1. The summed E-state index contributed by atoms with van der Waals surface area (Å²) < 4.78 is 10.5. The number of methoxy groups -OCH3 is 1. The van der Waals surface area contributed by atoms with Crippen molar-refractivity contribution < 1.29 is 13.9 Å². The molecule has 0 atom stereocenters. The lowest BCUT2D eigenvalue weighted by atomic mass is 10.1. The molecule has 0 spiro atoms. The van der Waals surface area contributed by atoms with Gasteiger partial charge in [-0.1, -0.05) is 0 Å². The van der Waals surface area contributed by atoms with Gasteiger partial charge in [0.25, 0.3) is 5.91 Å². The van der Waals surface area contributed by atoms with Crippen LogP contribution in [-0.4, -0.2) is 19.6 Å². The third kappa shape index (κ3) is 4.49. The second kappa shape index (κ2) is 8.37. The fourth-order valence-electron chi connectivity index (χ4n) is 2.23. The Kier molecular flexibility index (Phi) is 5.97. The van der Waals surface area contributed by atoms with Crippen LogP contribution in [0.1, 0.15) is 17.9 Å². The molecule has 2 aromatic rings. The van der Waals surface area contributed by atoms with Crippen LogP contribution in [0, 0.1) is 29.6 Å². The Labute approximate surface area is 146 Å². The molecule has 25 heavy (non-hydrogen) atoms. The lowest BCUT2D eigenvalue weighted by Crippen LogP contribution is -2.32. The van der Waals surface area contributed by atoms with Gasteiger partial charge in [-0.05, 0) is 43.3 Å². The number of carbonyl (C=O) groups is 1. The van der Waals surface area contributed by atoms with Crippen LogP contribution in [0.25, 0.3) is 6.08 Å². The van der Waals surface area contributed by atoms with Gasteiger partial charge >= 0.3 is 0 Å². The average molecular weight is 335 g/mol.